The Bertz CT molecular complexity index is 957. The molecule has 4 nitrogen and oxygen atoms in total. The molecule has 0 fully saturated rings. The van der Waals surface area contributed by atoms with Crippen molar-refractivity contribution < 1.29 is 24.1 Å². The predicted octanol–water partition coefficient (Wildman–Crippen LogP) is 5.27. The normalized spacial score (nSPS) is 14.0. The lowest BCUT2D eigenvalue weighted by molar-refractivity contribution is -0.157. The van der Waals surface area contributed by atoms with E-state index in [0.717, 1.165) is 27.8 Å². The number of halogens is 1. The molecule has 0 heterocycles. The van der Waals surface area contributed by atoms with Crippen LogP contribution >= 0.6 is 0 Å². The van der Waals surface area contributed by atoms with Crippen LogP contribution in [0.25, 0.3) is 17.2 Å². The minimum atomic E-state index is -1.01. The van der Waals surface area contributed by atoms with Crippen LogP contribution in [0.15, 0.2) is 36.4 Å². The largest absolute Gasteiger partial charge is 0.460 e. The van der Waals surface area contributed by atoms with Gasteiger partial charge in [-0.05, 0) is 81.5 Å². The Kier molecular flexibility index (Phi) is 8.15. The summed E-state index contributed by atoms with van der Waals surface area (Å²) in [6.07, 6.45) is 1.33. The first kappa shape index (κ1) is 24.8. The van der Waals surface area contributed by atoms with Gasteiger partial charge in [-0.25, -0.2) is 4.39 Å². The summed E-state index contributed by atoms with van der Waals surface area (Å²) >= 11 is 0. The highest BCUT2D eigenvalue weighted by Gasteiger charge is 2.20. The van der Waals surface area contributed by atoms with Gasteiger partial charge >= 0.3 is 5.97 Å². The Hall–Kier alpha value is -2.50. The van der Waals surface area contributed by atoms with Gasteiger partial charge < -0.3 is 14.9 Å². The Morgan fingerprint density at radius 2 is 1.77 bits per heavy atom. The van der Waals surface area contributed by atoms with Gasteiger partial charge in [0.2, 0.25) is 0 Å². The molecule has 0 spiro atoms. The van der Waals surface area contributed by atoms with Crippen LogP contribution in [0.5, 0.6) is 0 Å². The molecular weight excluding hydrogens is 395 g/mol. The molecule has 168 valence electrons. The van der Waals surface area contributed by atoms with E-state index in [-0.39, 0.29) is 18.7 Å². The number of hydrogen-bond donors (Lipinski definition) is 2. The van der Waals surface area contributed by atoms with E-state index >= 15 is 0 Å². The molecular formula is C26H33FO4. The molecule has 0 aromatic heterocycles. The number of carbonyl (C=O) groups is 1. The maximum atomic E-state index is 13.7. The number of benzene rings is 2. The van der Waals surface area contributed by atoms with E-state index in [0.29, 0.717) is 5.56 Å². The fraction of sp³-hybridized carbons (Fsp3) is 0.423. The minimum Gasteiger partial charge on any atom is -0.460 e. The monoisotopic (exact) mass is 428 g/mol. The number of aliphatic hydroxyl groups is 2. The zero-order valence-electron chi connectivity index (χ0n) is 19.2. The molecule has 31 heavy (non-hydrogen) atoms. The van der Waals surface area contributed by atoms with E-state index in [1.807, 2.05) is 38.1 Å². The quantitative estimate of drug-likeness (QED) is 0.589. The zero-order chi connectivity index (χ0) is 23.3. The molecule has 0 saturated carbocycles. The third kappa shape index (κ3) is 7.60. The first-order chi connectivity index (χ1) is 14.4. The summed E-state index contributed by atoms with van der Waals surface area (Å²) in [4.78, 5) is 11.9. The Morgan fingerprint density at radius 3 is 2.39 bits per heavy atom. The number of aryl methyl sites for hydroxylation is 3. The predicted molar refractivity (Wildman–Crippen MR) is 122 cm³/mol. The van der Waals surface area contributed by atoms with Gasteiger partial charge in [-0.15, -0.1) is 0 Å². The topological polar surface area (TPSA) is 66.8 Å². The standard InChI is InChI=1S/C26H33FO4/c1-16-11-17(2)22(23(12-16)19-7-10-24(27)18(3)13-19)9-8-20(28)14-21(29)15-25(30)31-26(4,5)6/h7-13,20-21,28-29H,14-15H2,1-6H3/b9-8+/t20-,21-/m1/s1. The summed E-state index contributed by atoms with van der Waals surface area (Å²) in [5.74, 6) is -0.751. The van der Waals surface area contributed by atoms with E-state index < -0.39 is 23.8 Å². The zero-order valence-corrected chi connectivity index (χ0v) is 19.2. The molecule has 2 aromatic rings. The molecule has 2 aromatic carbocycles. The number of esters is 1. The van der Waals surface area contributed by atoms with E-state index in [1.54, 1.807) is 39.8 Å². The maximum Gasteiger partial charge on any atom is 0.308 e. The van der Waals surface area contributed by atoms with Crippen molar-refractivity contribution in [3.8, 4) is 11.1 Å². The Labute approximate surface area is 184 Å². The summed E-state index contributed by atoms with van der Waals surface area (Å²) in [6.45, 7) is 11.0. The second-order valence-electron chi connectivity index (χ2n) is 9.11. The van der Waals surface area contributed by atoms with Crippen molar-refractivity contribution in [3.63, 3.8) is 0 Å². The summed E-state index contributed by atoms with van der Waals surface area (Å²) in [5.41, 5.74) is 4.81. The lowest BCUT2D eigenvalue weighted by Crippen LogP contribution is -2.27. The molecule has 0 radical (unpaired) electrons. The van der Waals surface area contributed by atoms with Crippen LogP contribution in [-0.4, -0.2) is 34.0 Å². The number of hydrogen-bond acceptors (Lipinski definition) is 4. The van der Waals surface area contributed by atoms with E-state index in [4.69, 9.17) is 4.74 Å². The molecule has 0 amide bonds. The fourth-order valence-corrected chi connectivity index (χ4v) is 3.47. The first-order valence-corrected chi connectivity index (χ1v) is 10.5. The molecule has 2 atom stereocenters. The molecule has 2 rings (SSSR count). The van der Waals surface area contributed by atoms with Crippen molar-refractivity contribution in [2.45, 2.75) is 72.2 Å². The van der Waals surface area contributed by atoms with Crippen molar-refractivity contribution in [3.05, 3.63) is 64.5 Å². The highest BCUT2D eigenvalue weighted by Crippen LogP contribution is 2.30. The average Bonchev–Trinajstić information content (AvgIpc) is 2.60. The Balaban J connectivity index is 2.18. The van der Waals surface area contributed by atoms with Gasteiger partial charge in [0.25, 0.3) is 0 Å². The molecule has 0 bridgehead atoms. The van der Waals surface area contributed by atoms with Gasteiger partial charge in [0.15, 0.2) is 0 Å². The second kappa shape index (κ2) is 10.2. The first-order valence-electron chi connectivity index (χ1n) is 10.5. The van der Waals surface area contributed by atoms with Crippen molar-refractivity contribution in [2.24, 2.45) is 0 Å². The summed E-state index contributed by atoms with van der Waals surface area (Å²) < 4.78 is 18.9. The highest BCUT2D eigenvalue weighted by molar-refractivity contribution is 5.78. The molecule has 2 N–H and O–H groups in total. The van der Waals surface area contributed by atoms with Crippen LogP contribution in [0.1, 0.15) is 55.9 Å². The van der Waals surface area contributed by atoms with Crippen molar-refractivity contribution in [2.75, 3.05) is 0 Å². The van der Waals surface area contributed by atoms with Gasteiger partial charge in [0, 0.05) is 6.42 Å². The summed E-state index contributed by atoms with van der Waals surface area (Å²) in [7, 11) is 0. The summed E-state index contributed by atoms with van der Waals surface area (Å²) in [6, 6.07) is 9.08. The van der Waals surface area contributed by atoms with Gasteiger partial charge in [-0.3, -0.25) is 4.79 Å². The van der Waals surface area contributed by atoms with Crippen LogP contribution in [0, 0.1) is 26.6 Å². The third-order valence-corrected chi connectivity index (χ3v) is 4.82. The van der Waals surface area contributed by atoms with Crippen LogP contribution < -0.4 is 0 Å². The van der Waals surface area contributed by atoms with Gasteiger partial charge in [-0.1, -0.05) is 35.9 Å². The molecule has 0 aliphatic carbocycles. The minimum absolute atomic E-state index is 0.0195. The number of ether oxygens (including phenoxy) is 1. The van der Waals surface area contributed by atoms with Crippen molar-refractivity contribution >= 4 is 12.0 Å². The Morgan fingerprint density at radius 1 is 1.10 bits per heavy atom. The summed E-state index contributed by atoms with van der Waals surface area (Å²) in [5, 5.41) is 20.5. The van der Waals surface area contributed by atoms with E-state index in [1.165, 1.54) is 6.07 Å². The van der Waals surface area contributed by atoms with Gasteiger partial charge in [0.1, 0.15) is 11.4 Å². The smallest absolute Gasteiger partial charge is 0.308 e. The number of rotatable bonds is 7. The second-order valence-corrected chi connectivity index (χ2v) is 9.11. The third-order valence-electron chi connectivity index (χ3n) is 4.82. The maximum absolute atomic E-state index is 13.7. The molecule has 5 heteroatoms. The molecule has 0 aliphatic rings. The van der Waals surface area contributed by atoms with Crippen LogP contribution in [0.2, 0.25) is 0 Å². The van der Waals surface area contributed by atoms with Crippen molar-refractivity contribution in [1.29, 1.82) is 0 Å². The molecule has 0 aliphatic heterocycles. The molecule has 0 unspecified atom stereocenters. The van der Waals surface area contributed by atoms with Crippen LogP contribution in [0.4, 0.5) is 4.39 Å². The van der Waals surface area contributed by atoms with Gasteiger partial charge in [0.05, 0.1) is 18.6 Å². The van der Waals surface area contributed by atoms with E-state index in [9.17, 15) is 19.4 Å². The SMILES string of the molecule is Cc1cc(C)c(/C=C/[C@@H](O)C[C@@H](O)CC(=O)OC(C)(C)C)c(-c2ccc(F)c(C)c2)c1. The average molecular weight is 429 g/mol. The number of aliphatic hydroxyl groups excluding tert-OH is 2. The lowest BCUT2D eigenvalue weighted by atomic mass is 9.92. The van der Waals surface area contributed by atoms with E-state index in [2.05, 4.69) is 0 Å². The van der Waals surface area contributed by atoms with Crippen molar-refractivity contribution in [1.82, 2.24) is 0 Å². The van der Waals surface area contributed by atoms with Crippen LogP contribution in [-0.2, 0) is 9.53 Å². The lowest BCUT2D eigenvalue weighted by Gasteiger charge is -2.21. The van der Waals surface area contributed by atoms with Crippen LogP contribution in [0.3, 0.4) is 0 Å². The number of carbonyl (C=O) groups excluding carboxylic acids is 1. The van der Waals surface area contributed by atoms with Gasteiger partial charge in [-0.2, -0.15) is 0 Å². The fourth-order valence-electron chi connectivity index (χ4n) is 3.47. The highest BCUT2D eigenvalue weighted by atomic mass is 19.1. The molecule has 0 saturated heterocycles.